The van der Waals surface area contributed by atoms with Gasteiger partial charge >= 0.3 is 0 Å². The zero-order valence-corrected chi connectivity index (χ0v) is 14.6. The number of aliphatic hydroxyl groups excluding tert-OH is 1. The van der Waals surface area contributed by atoms with Crippen molar-refractivity contribution in [1.82, 2.24) is 9.88 Å². The van der Waals surface area contributed by atoms with Gasteiger partial charge in [0.2, 0.25) is 0 Å². The van der Waals surface area contributed by atoms with Gasteiger partial charge in [-0.25, -0.2) is 0 Å². The van der Waals surface area contributed by atoms with Crippen LogP contribution in [-0.2, 0) is 15.9 Å². The van der Waals surface area contributed by atoms with E-state index in [0.717, 1.165) is 12.8 Å². The first kappa shape index (κ1) is 14.7. The van der Waals surface area contributed by atoms with E-state index in [9.17, 15) is 5.11 Å². The minimum atomic E-state index is -0.716. The van der Waals surface area contributed by atoms with Gasteiger partial charge < -0.3 is 19.6 Å². The molecule has 5 nitrogen and oxygen atoms in total. The second-order valence-corrected chi connectivity index (χ2v) is 8.22. The Kier molecular flexibility index (Phi) is 2.86. The fraction of sp³-hybridized carbons (Fsp3) is 0.600. The van der Waals surface area contributed by atoms with Gasteiger partial charge in [0, 0.05) is 47.6 Å². The molecule has 5 aliphatic heterocycles. The fourth-order valence-corrected chi connectivity index (χ4v) is 6.62. The number of piperidine rings is 3. The van der Waals surface area contributed by atoms with E-state index in [2.05, 4.69) is 41.1 Å². The van der Waals surface area contributed by atoms with Crippen LogP contribution in [0.5, 0.6) is 0 Å². The van der Waals surface area contributed by atoms with Crippen LogP contribution in [0.25, 0.3) is 10.9 Å². The van der Waals surface area contributed by atoms with Crippen molar-refractivity contribution in [3.63, 3.8) is 0 Å². The standard InChI is InChI=1S/C20H24N2O3/c1-9-16-12-8-15-18-11(10-5-3-4-6-13(10)21-18)7-14(22(9)15)17(12)20(24-2)25-19(16)23/h3-6,9,12,14-17,19-21,23H,7-8H2,1-2H3/t9-,12-,14-,15-,16+,17+,19+,20+/m0/s1. The van der Waals surface area contributed by atoms with Crippen LogP contribution in [0.1, 0.15) is 30.6 Å². The monoisotopic (exact) mass is 340 g/mol. The maximum atomic E-state index is 10.6. The Labute approximate surface area is 146 Å². The summed E-state index contributed by atoms with van der Waals surface area (Å²) in [6, 6.07) is 9.83. The van der Waals surface area contributed by atoms with Crippen LogP contribution in [0.15, 0.2) is 24.3 Å². The molecule has 6 heterocycles. The maximum Gasteiger partial charge on any atom is 0.164 e. The van der Waals surface area contributed by atoms with E-state index in [-0.39, 0.29) is 12.2 Å². The van der Waals surface area contributed by atoms with Crippen LogP contribution in [0.2, 0.25) is 0 Å². The second kappa shape index (κ2) is 4.86. The number of nitrogens with one attached hydrogen (secondary N) is 1. The van der Waals surface area contributed by atoms with Gasteiger partial charge in [0.05, 0.1) is 6.04 Å². The van der Waals surface area contributed by atoms with Gasteiger partial charge in [-0.2, -0.15) is 0 Å². The number of hydrogen-bond donors (Lipinski definition) is 2. The molecule has 0 saturated carbocycles. The molecule has 4 fully saturated rings. The lowest BCUT2D eigenvalue weighted by atomic mass is 9.58. The summed E-state index contributed by atoms with van der Waals surface area (Å²) >= 11 is 0. The zero-order chi connectivity index (χ0) is 16.9. The Bertz CT molecular complexity index is 849. The first-order valence-electron chi connectivity index (χ1n) is 9.42. The summed E-state index contributed by atoms with van der Waals surface area (Å²) < 4.78 is 11.5. The lowest BCUT2D eigenvalue weighted by Gasteiger charge is -2.66. The Morgan fingerprint density at radius 1 is 1.28 bits per heavy atom. The van der Waals surface area contributed by atoms with Crippen molar-refractivity contribution in [2.24, 2.45) is 17.8 Å². The molecule has 7 rings (SSSR count). The molecule has 0 aliphatic carbocycles. The Morgan fingerprint density at radius 3 is 2.96 bits per heavy atom. The Balaban J connectivity index is 1.53. The number of fused-ring (bicyclic) bond motifs is 3. The van der Waals surface area contributed by atoms with Crippen LogP contribution in [-0.4, -0.2) is 46.8 Å². The van der Waals surface area contributed by atoms with Gasteiger partial charge in [-0.1, -0.05) is 18.2 Å². The van der Waals surface area contributed by atoms with Gasteiger partial charge in [0.15, 0.2) is 12.6 Å². The predicted octanol–water partition coefficient (Wildman–Crippen LogP) is 2.41. The summed E-state index contributed by atoms with van der Waals surface area (Å²) in [6.45, 7) is 2.26. The number of benzene rings is 1. The number of para-hydroxylation sites is 1. The summed E-state index contributed by atoms with van der Waals surface area (Å²) in [7, 11) is 1.70. The van der Waals surface area contributed by atoms with E-state index < -0.39 is 6.29 Å². The van der Waals surface area contributed by atoms with Gasteiger partial charge in [-0.05, 0) is 37.3 Å². The molecule has 2 N–H and O–H groups in total. The van der Waals surface area contributed by atoms with Crippen molar-refractivity contribution in [2.45, 2.75) is 50.5 Å². The number of aliphatic hydroxyl groups is 1. The van der Waals surface area contributed by atoms with E-state index in [4.69, 9.17) is 9.47 Å². The molecule has 0 radical (unpaired) electrons. The Hall–Kier alpha value is -1.40. The molecule has 4 saturated heterocycles. The first-order valence-corrected chi connectivity index (χ1v) is 9.42. The SMILES string of the molecule is CO[C@@H]1O[C@@H](O)[C@H]2[C@@H]3C[C@H]4c5[nH]c6ccccc6c5C[C@@H]([C@H]13)N4[C@H]2C. The summed E-state index contributed by atoms with van der Waals surface area (Å²) in [4.78, 5) is 6.37. The highest BCUT2D eigenvalue weighted by Gasteiger charge is 2.64. The van der Waals surface area contributed by atoms with Crippen molar-refractivity contribution >= 4 is 10.9 Å². The van der Waals surface area contributed by atoms with Gasteiger partial charge in [-0.3, -0.25) is 4.90 Å². The summed E-state index contributed by atoms with van der Waals surface area (Å²) in [5.41, 5.74) is 4.12. The van der Waals surface area contributed by atoms with Crippen molar-refractivity contribution in [3.8, 4) is 0 Å². The minimum Gasteiger partial charge on any atom is -0.368 e. The predicted molar refractivity (Wildman–Crippen MR) is 92.8 cm³/mol. The number of rotatable bonds is 1. The van der Waals surface area contributed by atoms with Crippen LogP contribution in [0.3, 0.4) is 0 Å². The quantitative estimate of drug-likeness (QED) is 0.837. The average molecular weight is 340 g/mol. The summed E-state index contributed by atoms with van der Waals surface area (Å²) in [5.74, 6) is 0.991. The third-order valence-corrected chi connectivity index (χ3v) is 7.44. The van der Waals surface area contributed by atoms with Crippen molar-refractivity contribution in [3.05, 3.63) is 35.5 Å². The number of H-pyrrole nitrogens is 1. The van der Waals surface area contributed by atoms with Gasteiger partial charge in [0.1, 0.15) is 0 Å². The number of nitrogens with zero attached hydrogens (tertiary/aromatic N) is 1. The van der Waals surface area contributed by atoms with Crippen molar-refractivity contribution in [1.29, 1.82) is 0 Å². The molecule has 5 heteroatoms. The second-order valence-electron chi connectivity index (χ2n) is 8.22. The topological polar surface area (TPSA) is 57.7 Å². The molecule has 132 valence electrons. The summed E-state index contributed by atoms with van der Waals surface area (Å²) in [5, 5.41) is 11.9. The van der Waals surface area contributed by atoms with Crippen molar-refractivity contribution < 1.29 is 14.6 Å². The van der Waals surface area contributed by atoms with Crippen LogP contribution in [0.4, 0.5) is 0 Å². The number of hydrogen-bond acceptors (Lipinski definition) is 4. The average Bonchev–Trinajstić information content (AvgIpc) is 2.99. The van der Waals surface area contributed by atoms with Crippen LogP contribution in [0, 0.1) is 17.8 Å². The molecule has 9 atom stereocenters. The minimum absolute atomic E-state index is 0.190. The van der Waals surface area contributed by atoms with Crippen molar-refractivity contribution in [2.75, 3.05) is 7.11 Å². The highest BCUT2D eigenvalue weighted by Crippen LogP contribution is 2.60. The number of methoxy groups -OCH3 is 1. The normalized spacial score (nSPS) is 47.1. The molecule has 1 aromatic heterocycles. The molecule has 6 bridgehead atoms. The van der Waals surface area contributed by atoms with E-state index in [1.165, 1.54) is 22.2 Å². The number of aromatic nitrogens is 1. The van der Waals surface area contributed by atoms with E-state index in [0.29, 0.717) is 30.0 Å². The highest BCUT2D eigenvalue weighted by atomic mass is 16.7. The summed E-state index contributed by atoms with van der Waals surface area (Å²) in [6.07, 6.45) is 1.10. The van der Waals surface area contributed by atoms with E-state index in [1.807, 2.05) is 0 Å². The molecule has 1 aromatic carbocycles. The Morgan fingerprint density at radius 2 is 2.12 bits per heavy atom. The fourth-order valence-electron chi connectivity index (χ4n) is 6.62. The molecule has 0 amide bonds. The third-order valence-electron chi connectivity index (χ3n) is 7.44. The number of ether oxygens (including phenoxy) is 2. The lowest BCUT2D eigenvalue weighted by molar-refractivity contribution is -0.355. The zero-order valence-electron chi connectivity index (χ0n) is 14.6. The molecule has 5 aliphatic rings. The van der Waals surface area contributed by atoms with Crippen LogP contribution >= 0.6 is 0 Å². The van der Waals surface area contributed by atoms with Gasteiger partial charge in [0.25, 0.3) is 0 Å². The lowest BCUT2D eigenvalue weighted by Crippen LogP contribution is -2.73. The molecule has 25 heavy (non-hydrogen) atoms. The maximum absolute atomic E-state index is 10.6. The van der Waals surface area contributed by atoms with Crippen LogP contribution < -0.4 is 0 Å². The third kappa shape index (κ3) is 1.68. The largest absolute Gasteiger partial charge is 0.368 e. The molecule has 1 unspecified atom stereocenters. The number of aromatic amines is 1. The molecular formula is C20H24N2O3. The van der Waals surface area contributed by atoms with Gasteiger partial charge in [-0.15, -0.1) is 0 Å². The van der Waals surface area contributed by atoms with E-state index in [1.54, 1.807) is 7.11 Å². The highest BCUT2D eigenvalue weighted by molar-refractivity contribution is 5.85. The molecule has 2 aromatic rings. The molecule has 0 spiro atoms. The van der Waals surface area contributed by atoms with E-state index >= 15 is 0 Å². The first-order chi connectivity index (χ1) is 12.2. The smallest absolute Gasteiger partial charge is 0.164 e. The molecular weight excluding hydrogens is 316 g/mol.